The van der Waals surface area contributed by atoms with Crippen LogP contribution in [0.25, 0.3) is 0 Å². The molecule has 0 atom stereocenters. The van der Waals surface area contributed by atoms with Gasteiger partial charge in [0.15, 0.2) is 0 Å². The Morgan fingerprint density at radius 3 is 2.53 bits per heavy atom. The smallest absolute Gasteiger partial charge is 0.274 e. The highest BCUT2D eigenvalue weighted by Crippen LogP contribution is 2.16. The Morgan fingerprint density at radius 1 is 1.32 bits per heavy atom. The summed E-state index contributed by atoms with van der Waals surface area (Å²) in [7, 11) is 1.63. The molecule has 0 saturated heterocycles. The van der Waals surface area contributed by atoms with Crippen molar-refractivity contribution < 1.29 is 4.74 Å². The van der Waals surface area contributed by atoms with E-state index >= 15 is 0 Å². The van der Waals surface area contributed by atoms with Gasteiger partial charge >= 0.3 is 0 Å². The molecule has 0 unspecified atom stereocenters. The van der Waals surface area contributed by atoms with Crippen molar-refractivity contribution in [3.05, 3.63) is 55.5 Å². The number of halogens is 1. The SMILES string of the molecule is COc1ccc(Cn2cc(I)c(C)c(N)c2=O)cc1. The maximum atomic E-state index is 12.1. The molecule has 2 aromatic rings. The number of nitrogens with zero attached hydrogens (tertiary/aromatic N) is 1. The van der Waals surface area contributed by atoms with Crippen LogP contribution in [0.2, 0.25) is 0 Å². The summed E-state index contributed by atoms with van der Waals surface area (Å²) in [5, 5.41) is 0. The number of nitrogens with two attached hydrogens (primary N) is 1. The molecular formula is C14H15IN2O2. The molecule has 0 aliphatic heterocycles. The van der Waals surface area contributed by atoms with Crippen LogP contribution >= 0.6 is 22.6 Å². The lowest BCUT2D eigenvalue weighted by molar-refractivity contribution is 0.414. The highest BCUT2D eigenvalue weighted by molar-refractivity contribution is 14.1. The van der Waals surface area contributed by atoms with E-state index in [0.29, 0.717) is 12.2 Å². The predicted octanol–water partition coefficient (Wildman–Crippen LogP) is 2.40. The van der Waals surface area contributed by atoms with Crippen LogP contribution in [0.5, 0.6) is 5.75 Å². The van der Waals surface area contributed by atoms with E-state index in [-0.39, 0.29) is 5.56 Å². The second-order valence-electron chi connectivity index (χ2n) is 4.30. The van der Waals surface area contributed by atoms with Crippen LogP contribution in [0.1, 0.15) is 11.1 Å². The molecule has 2 rings (SSSR count). The Hall–Kier alpha value is -1.50. The van der Waals surface area contributed by atoms with Crippen LogP contribution in [0.3, 0.4) is 0 Å². The topological polar surface area (TPSA) is 57.2 Å². The molecule has 1 aromatic heterocycles. The van der Waals surface area contributed by atoms with Gasteiger partial charge in [-0.25, -0.2) is 0 Å². The third-order valence-electron chi connectivity index (χ3n) is 3.03. The molecule has 4 nitrogen and oxygen atoms in total. The van der Waals surface area contributed by atoms with E-state index < -0.39 is 0 Å². The lowest BCUT2D eigenvalue weighted by Crippen LogP contribution is -2.24. The highest BCUT2D eigenvalue weighted by atomic mass is 127. The van der Waals surface area contributed by atoms with E-state index in [9.17, 15) is 4.79 Å². The monoisotopic (exact) mass is 370 g/mol. The summed E-state index contributed by atoms with van der Waals surface area (Å²) in [6, 6.07) is 7.63. The summed E-state index contributed by atoms with van der Waals surface area (Å²) in [6.45, 7) is 2.36. The minimum atomic E-state index is -0.145. The van der Waals surface area contributed by atoms with Crippen molar-refractivity contribution in [1.29, 1.82) is 0 Å². The van der Waals surface area contributed by atoms with E-state index in [2.05, 4.69) is 22.6 Å². The third kappa shape index (κ3) is 2.91. The van der Waals surface area contributed by atoms with Crippen molar-refractivity contribution >= 4 is 28.3 Å². The standard InChI is InChI=1S/C14H15IN2O2/c1-9-12(15)8-17(14(18)13(9)16)7-10-3-5-11(19-2)6-4-10/h3-6,8H,7,16H2,1-2H3. The summed E-state index contributed by atoms with van der Waals surface area (Å²) < 4.78 is 7.73. The van der Waals surface area contributed by atoms with Crippen molar-refractivity contribution in [2.24, 2.45) is 0 Å². The van der Waals surface area contributed by atoms with Gasteiger partial charge in [-0.05, 0) is 52.8 Å². The number of methoxy groups -OCH3 is 1. The third-order valence-corrected chi connectivity index (χ3v) is 4.12. The molecule has 0 radical (unpaired) electrons. The molecule has 0 amide bonds. The number of aromatic nitrogens is 1. The average Bonchev–Trinajstić information content (AvgIpc) is 2.43. The number of benzene rings is 1. The average molecular weight is 370 g/mol. The fourth-order valence-corrected chi connectivity index (χ4v) is 2.41. The van der Waals surface area contributed by atoms with E-state index in [4.69, 9.17) is 10.5 Å². The summed E-state index contributed by atoms with van der Waals surface area (Å²) in [6.07, 6.45) is 1.83. The van der Waals surface area contributed by atoms with Crippen molar-refractivity contribution in [2.45, 2.75) is 13.5 Å². The lowest BCUT2D eigenvalue weighted by Gasteiger charge is -2.11. The van der Waals surface area contributed by atoms with Crippen LogP contribution in [0.4, 0.5) is 5.69 Å². The largest absolute Gasteiger partial charge is 0.497 e. The van der Waals surface area contributed by atoms with Crippen molar-refractivity contribution in [2.75, 3.05) is 12.8 Å². The highest BCUT2D eigenvalue weighted by Gasteiger charge is 2.08. The molecule has 19 heavy (non-hydrogen) atoms. The summed E-state index contributed by atoms with van der Waals surface area (Å²) in [5.74, 6) is 0.800. The van der Waals surface area contributed by atoms with Crippen LogP contribution in [0.15, 0.2) is 35.3 Å². The second-order valence-corrected chi connectivity index (χ2v) is 5.46. The lowest BCUT2D eigenvalue weighted by atomic mass is 10.2. The molecule has 100 valence electrons. The Bertz CT molecular complexity index is 648. The molecule has 2 N–H and O–H groups in total. The number of ether oxygens (including phenoxy) is 1. The quantitative estimate of drug-likeness (QED) is 0.845. The number of hydrogen-bond acceptors (Lipinski definition) is 3. The fourth-order valence-electron chi connectivity index (χ4n) is 1.78. The number of pyridine rings is 1. The number of anilines is 1. The summed E-state index contributed by atoms with van der Waals surface area (Å²) in [5.41, 5.74) is 7.87. The zero-order valence-corrected chi connectivity index (χ0v) is 13.0. The Balaban J connectivity index is 2.35. The number of nitrogen functional groups attached to an aromatic ring is 1. The molecular weight excluding hydrogens is 355 g/mol. The van der Waals surface area contributed by atoms with Gasteiger partial charge in [0.05, 0.1) is 13.7 Å². The van der Waals surface area contributed by atoms with Crippen LogP contribution in [-0.4, -0.2) is 11.7 Å². The summed E-state index contributed by atoms with van der Waals surface area (Å²) in [4.78, 5) is 12.1. The summed E-state index contributed by atoms with van der Waals surface area (Å²) >= 11 is 2.19. The van der Waals surface area contributed by atoms with Gasteiger partial charge in [-0.3, -0.25) is 4.79 Å². The van der Waals surface area contributed by atoms with Gasteiger partial charge in [-0.15, -0.1) is 0 Å². The van der Waals surface area contributed by atoms with Crippen molar-refractivity contribution in [1.82, 2.24) is 4.57 Å². The predicted molar refractivity (Wildman–Crippen MR) is 84.7 cm³/mol. The fraction of sp³-hybridized carbons (Fsp3) is 0.214. The molecule has 0 aliphatic rings. The molecule has 0 saturated carbocycles. The molecule has 0 fully saturated rings. The zero-order valence-electron chi connectivity index (χ0n) is 10.8. The molecule has 1 heterocycles. The van der Waals surface area contributed by atoms with Crippen LogP contribution in [-0.2, 0) is 6.54 Å². The van der Waals surface area contributed by atoms with Gasteiger partial charge in [0, 0.05) is 9.77 Å². The van der Waals surface area contributed by atoms with E-state index in [1.54, 1.807) is 11.7 Å². The van der Waals surface area contributed by atoms with Gasteiger partial charge in [0.25, 0.3) is 5.56 Å². The van der Waals surface area contributed by atoms with E-state index in [0.717, 1.165) is 20.4 Å². The maximum Gasteiger partial charge on any atom is 0.274 e. The van der Waals surface area contributed by atoms with Gasteiger partial charge in [-0.2, -0.15) is 0 Å². The molecule has 0 spiro atoms. The van der Waals surface area contributed by atoms with E-state index in [1.165, 1.54) is 0 Å². The van der Waals surface area contributed by atoms with Crippen LogP contribution in [0, 0.1) is 10.5 Å². The van der Waals surface area contributed by atoms with E-state index in [1.807, 2.05) is 37.4 Å². The van der Waals surface area contributed by atoms with Crippen molar-refractivity contribution in [3.8, 4) is 5.75 Å². The zero-order chi connectivity index (χ0) is 14.0. The Kier molecular flexibility index (Phi) is 4.14. The molecule has 0 bridgehead atoms. The number of rotatable bonds is 3. The van der Waals surface area contributed by atoms with Gasteiger partial charge in [0.2, 0.25) is 0 Å². The first-order valence-electron chi connectivity index (χ1n) is 5.81. The normalized spacial score (nSPS) is 10.5. The number of hydrogen-bond donors (Lipinski definition) is 1. The minimum absolute atomic E-state index is 0.145. The molecule has 0 aliphatic carbocycles. The maximum absolute atomic E-state index is 12.1. The van der Waals surface area contributed by atoms with Gasteiger partial charge in [-0.1, -0.05) is 12.1 Å². The Labute approximate surface area is 125 Å². The first kappa shape index (κ1) is 13.9. The molecule has 1 aromatic carbocycles. The van der Waals surface area contributed by atoms with Crippen molar-refractivity contribution in [3.63, 3.8) is 0 Å². The van der Waals surface area contributed by atoms with Gasteiger partial charge < -0.3 is 15.0 Å². The Morgan fingerprint density at radius 2 is 1.95 bits per heavy atom. The van der Waals surface area contributed by atoms with Crippen LogP contribution < -0.4 is 16.0 Å². The second kappa shape index (κ2) is 5.64. The van der Waals surface area contributed by atoms with Gasteiger partial charge in [0.1, 0.15) is 11.4 Å². The first-order chi connectivity index (χ1) is 9.02. The minimum Gasteiger partial charge on any atom is -0.497 e. The molecule has 5 heteroatoms. The first-order valence-corrected chi connectivity index (χ1v) is 6.88.